The highest BCUT2D eigenvalue weighted by Crippen LogP contribution is 2.27. The second-order valence-corrected chi connectivity index (χ2v) is 5.91. The molecule has 11 heteroatoms. The molecule has 160 valence electrons. The summed E-state index contributed by atoms with van der Waals surface area (Å²) < 4.78 is 51.3. The van der Waals surface area contributed by atoms with Gasteiger partial charge in [0.25, 0.3) is 0 Å². The van der Waals surface area contributed by atoms with Gasteiger partial charge < -0.3 is 15.5 Å². The Kier molecular flexibility index (Phi) is 10.1. The molecule has 6 nitrogen and oxygen atoms in total. The van der Waals surface area contributed by atoms with Crippen LogP contribution in [0.2, 0.25) is 0 Å². The first-order valence-electron chi connectivity index (χ1n) is 8.67. The Morgan fingerprint density at radius 3 is 2.66 bits per heavy atom. The molecule has 2 rings (SSSR count). The third kappa shape index (κ3) is 8.38. The Balaban J connectivity index is 0.00000420. The highest BCUT2D eigenvalue weighted by molar-refractivity contribution is 14.0. The SMILES string of the molecule is CCNC(=NCCNc1nccc(C(F)(F)F)n1)N(C)Cc1cccc(F)c1.I. The number of nitrogens with one attached hydrogen (secondary N) is 2. The average Bonchev–Trinajstić information content (AvgIpc) is 2.64. The molecule has 0 spiro atoms. The van der Waals surface area contributed by atoms with Crippen LogP contribution in [0.5, 0.6) is 0 Å². The van der Waals surface area contributed by atoms with Crippen molar-refractivity contribution < 1.29 is 17.6 Å². The molecule has 0 aliphatic heterocycles. The number of alkyl halides is 3. The first-order chi connectivity index (χ1) is 13.3. The molecule has 0 radical (unpaired) electrons. The summed E-state index contributed by atoms with van der Waals surface area (Å²) in [5.41, 5.74) is -0.208. The van der Waals surface area contributed by atoms with Gasteiger partial charge in [-0.15, -0.1) is 24.0 Å². The summed E-state index contributed by atoms with van der Waals surface area (Å²) in [6.07, 6.45) is -3.46. The molecule has 0 atom stereocenters. The molecule has 0 aliphatic rings. The Hall–Kier alpha value is -2.18. The van der Waals surface area contributed by atoms with Crippen molar-refractivity contribution in [1.29, 1.82) is 0 Å². The number of aromatic nitrogens is 2. The predicted molar refractivity (Wildman–Crippen MR) is 115 cm³/mol. The van der Waals surface area contributed by atoms with Crippen LogP contribution in [0.25, 0.3) is 0 Å². The lowest BCUT2D eigenvalue weighted by molar-refractivity contribution is -0.141. The third-order valence-electron chi connectivity index (χ3n) is 3.61. The Morgan fingerprint density at radius 2 is 2.00 bits per heavy atom. The van der Waals surface area contributed by atoms with Crippen LogP contribution in [0.1, 0.15) is 18.2 Å². The fourth-order valence-electron chi connectivity index (χ4n) is 2.39. The molecule has 29 heavy (non-hydrogen) atoms. The van der Waals surface area contributed by atoms with Crippen molar-refractivity contribution >= 4 is 35.9 Å². The lowest BCUT2D eigenvalue weighted by atomic mass is 10.2. The molecule has 0 fully saturated rings. The molecule has 1 heterocycles. The maximum absolute atomic E-state index is 13.3. The molecule has 2 N–H and O–H groups in total. The van der Waals surface area contributed by atoms with Crippen LogP contribution in [0.15, 0.2) is 41.5 Å². The summed E-state index contributed by atoms with van der Waals surface area (Å²) in [6.45, 7) is 3.55. The summed E-state index contributed by atoms with van der Waals surface area (Å²) >= 11 is 0. The van der Waals surface area contributed by atoms with Crippen LogP contribution in [-0.2, 0) is 12.7 Å². The minimum Gasteiger partial charge on any atom is -0.357 e. The standard InChI is InChI=1S/C18H22F4N6.HI/c1-3-23-17(28(2)12-13-5-4-6-14(19)11-13)26-10-9-25-16-24-8-7-15(27-16)18(20,21)22;/h4-8,11H,3,9-10,12H2,1-2H3,(H,23,26)(H,24,25,27);1H. The van der Waals surface area contributed by atoms with Gasteiger partial charge >= 0.3 is 6.18 Å². The molecule has 0 amide bonds. The maximum atomic E-state index is 13.3. The second-order valence-electron chi connectivity index (χ2n) is 5.91. The predicted octanol–water partition coefficient (Wildman–Crippen LogP) is 3.76. The normalized spacial score (nSPS) is 11.6. The summed E-state index contributed by atoms with van der Waals surface area (Å²) in [5.74, 6) is 0.180. The van der Waals surface area contributed by atoms with Crippen molar-refractivity contribution in [2.75, 3.05) is 32.0 Å². The molecule has 0 saturated heterocycles. The van der Waals surface area contributed by atoms with Crippen LogP contribution in [0.3, 0.4) is 0 Å². The summed E-state index contributed by atoms with van der Waals surface area (Å²) in [6, 6.07) is 7.10. The molecule has 1 aromatic carbocycles. The van der Waals surface area contributed by atoms with E-state index in [0.717, 1.165) is 17.8 Å². The van der Waals surface area contributed by atoms with Crippen molar-refractivity contribution in [2.24, 2.45) is 4.99 Å². The van der Waals surface area contributed by atoms with Crippen LogP contribution in [-0.4, -0.2) is 47.5 Å². The molecule has 0 bridgehead atoms. The van der Waals surface area contributed by atoms with Gasteiger partial charge in [0.05, 0.1) is 6.54 Å². The van der Waals surface area contributed by atoms with Crippen molar-refractivity contribution in [3.63, 3.8) is 0 Å². The monoisotopic (exact) mass is 526 g/mol. The van der Waals surface area contributed by atoms with E-state index in [1.165, 1.54) is 12.1 Å². The number of rotatable bonds is 7. The highest BCUT2D eigenvalue weighted by atomic mass is 127. The van der Waals surface area contributed by atoms with E-state index in [4.69, 9.17) is 0 Å². The topological polar surface area (TPSA) is 65.4 Å². The summed E-state index contributed by atoms with van der Waals surface area (Å²) in [5, 5.41) is 5.84. The van der Waals surface area contributed by atoms with Gasteiger partial charge in [-0.3, -0.25) is 4.99 Å². The fourth-order valence-corrected chi connectivity index (χ4v) is 2.39. The number of anilines is 1. The van der Waals surface area contributed by atoms with E-state index >= 15 is 0 Å². The zero-order chi connectivity index (χ0) is 20.6. The van der Waals surface area contributed by atoms with Gasteiger partial charge in [0.15, 0.2) is 5.96 Å². The van der Waals surface area contributed by atoms with Gasteiger partial charge in [-0.25, -0.2) is 14.4 Å². The number of nitrogens with zero attached hydrogens (tertiary/aromatic N) is 4. The second kappa shape index (κ2) is 11.7. The lowest BCUT2D eigenvalue weighted by Gasteiger charge is -2.22. The molecular weight excluding hydrogens is 503 g/mol. The number of benzene rings is 1. The number of guanidine groups is 1. The first kappa shape index (κ1) is 24.9. The van der Waals surface area contributed by atoms with E-state index in [-0.39, 0.29) is 48.8 Å². The maximum Gasteiger partial charge on any atom is 0.433 e. The van der Waals surface area contributed by atoms with Crippen LogP contribution in [0.4, 0.5) is 23.5 Å². The zero-order valence-corrected chi connectivity index (χ0v) is 18.3. The Labute approximate surface area is 183 Å². The Bertz CT molecular complexity index is 800. The van der Waals surface area contributed by atoms with E-state index in [1.807, 2.05) is 24.9 Å². The summed E-state index contributed by atoms with van der Waals surface area (Å²) in [4.78, 5) is 13.5. The van der Waals surface area contributed by atoms with Crippen molar-refractivity contribution in [1.82, 2.24) is 20.2 Å². The smallest absolute Gasteiger partial charge is 0.357 e. The average molecular weight is 526 g/mol. The largest absolute Gasteiger partial charge is 0.433 e. The summed E-state index contributed by atoms with van der Waals surface area (Å²) in [7, 11) is 1.82. The zero-order valence-electron chi connectivity index (χ0n) is 16.0. The van der Waals surface area contributed by atoms with Gasteiger partial charge in [-0.2, -0.15) is 13.2 Å². The fraction of sp³-hybridized carbons (Fsp3) is 0.389. The van der Waals surface area contributed by atoms with E-state index in [2.05, 4.69) is 25.6 Å². The molecule has 2 aromatic rings. The third-order valence-corrected chi connectivity index (χ3v) is 3.61. The van der Waals surface area contributed by atoms with Gasteiger partial charge in [0, 0.05) is 32.9 Å². The molecule has 0 unspecified atom stereocenters. The first-order valence-corrected chi connectivity index (χ1v) is 8.67. The van der Waals surface area contributed by atoms with E-state index < -0.39 is 11.9 Å². The molecule has 0 saturated carbocycles. The quantitative estimate of drug-likeness (QED) is 0.189. The van der Waals surface area contributed by atoms with Crippen molar-refractivity contribution in [3.05, 3.63) is 53.6 Å². The van der Waals surface area contributed by atoms with Gasteiger partial charge in [0.2, 0.25) is 5.95 Å². The van der Waals surface area contributed by atoms with Crippen LogP contribution in [0, 0.1) is 5.82 Å². The minimum atomic E-state index is -4.52. The number of aliphatic imine (C=N–C) groups is 1. The lowest BCUT2D eigenvalue weighted by Crippen LogP contribution is -2.38. The molecular formula is C18H23F4IN6. The van der Waals surface area contributed by atoms with E-state index in [0.29, 0.717) is 19.0 Å². The highest BCUT2D eigenvalue weighted by Gasteiger charge is 2.32. The number of hydrogen-bond acceptors (Lipinski definition) is 4. The van der Waals surface area contributed by atoms with Crippen LogP contribution >= 0.6 is 24.0 Å². The van der Waals surface area contributed by atoms with Crippen molar-refractivity contribution in [2.45, 2.75) is 19.6 Å². The van der Waals surface area contributed by atoms with Gasteiger partial charge in [-0.1, -0.05) is 12.1 Å². The Morgan fingerprint density at radius 1 is 1.24 bits per heavy atom. The minimum absolute atomic E-state index is 0. The van der Waals surface area contributed by atoms with E-state index in [1.54, 1.807) is 6.07 Å². The van der Waals surface area contributed by atoms with Gasteiger partial charge in [-0.05, 0) is 30.7 Å². The number of halogens is 5. The van der Waals surface area contributed by atoms with E-state index in [9.17, 15) is 17.6 Å². The van der Waals surface area contributed by atoms with Crippen LogP contribution < -0.4 is 10.6 Å². The molecule has 0 aliphatic carbocycles. The van der Waals surface area contributed by atoms with Crippen molar-refractivity contribution in [3.8, 4) is 0 Å². The van der Waals surface area contributed by atoms with Gasteiger partial charge in [0.1, 0.15) is 11.5 Å². The number of hydrogen-bond donors (Lipinski definition) is 2. The molecule has 1 aromatic heterocycles.